The summed E-state index contributed by atoms with van der Waals surface area (Å²) < 4.78 is 33.4. The summed E-state index contributed by atoms with van der Waals surface area (Å²) in [5.74, 6) is 0.680. The summed E-state index contributed by atoms with van der Waals surface area (Å²) in [4.78, 5) is 5.82. The number of nitrogens with zero attached hydrogens (tertiary/aromatic N) is 3. The molecule has 1 aromatic heterocycles. The molecule has 6 nitrogen and oxygen atoms in total. The molecule has 3 aromatic rings. The van der Waals surface area contributed by atoms with Crippen LogP contribution in [0.4, 0.5) is 11.4 Å². The van der Waals surface area contributed by atoms with Crippen molar-refractivity contribution in [1.82, 2.24) is 3.97 Å². The summed E-state index contributed by atoms with van der Waals surface area (Å²) in [5, 5.41) is 0.724. The van der Waals surface area contributed by atoms with E-state index in [0.717, 1.165) is 37.0 Å². The molecule has 0 saturated carbocycles. The van der Waals surface area contributed by atoms with Gasteiger partial charge in [-0.05, 0) is 61.0 Å². The van der Waals surface area contributed by atoms with Gasteiger partial charge in [-0.1, -0.05) is 6.07 Å². The Morgan fingerprint density at radius 3 is 2.54 bits per heavy atom. The van der Waals surface area contributed by atoms with Crippen LogP contribution in [0, 0.1) is 6.57 Å². The van der Waals surface area contributed by atoms with Gasteiger partial charge >= 0.3 is 0 Å². The Balaban J connectivity index is 1.81. The fraction of sp³-hybridized carbons (Fsp3) is 0.286. The Hall–Kier alpha value is -2.98. The van der Waals surface area contributed by atoms with Crippen LogP contribution in [0.25, 0.3) is 15.7 Å². The summed E-state index contributed by atoms with van der Waals surface area (Å²) in [5.41, 5.74) is 1.86. The number of ether oxygens (including phenoxy) is 1. The zero-order valence-electron chi connectivity index (χ0n) is 15.6. The molecule has 0 amide bonds. The zero-order chi connectivity index (χ0) is 19.7. The van der Waals surface area contributed by atoms with Crippen LogP contribution in [0.1, 0.15) is 19.3 Å². The van der Waals surface area contributed by atoms with Gasteiger partial charge < -0.3 is 9.64 Å². The molecule has 1 aliphatic rings. The molecule has 2 aromatic carbocycles. The molecular formula is C21H21N3O3S. The first-order valence-corrected chi connectivity index (χ1v) is 10.7. The number of hydrogen-bond acceptors (Lipinski definition) is 4. The number of fused-ring (bicyclic) bond motifs is 1. The normalized spacial score (nSPS) is 14.8. The third-order valence-electron chi connectivity index (χ3n) is 5.17. The van der Waals surface area contributed by atoms with Crippen LogP contribution >= 0.6 is 0 Å². The van der Waals surface area contributed by atoms with Gasteiger partial charge in [0.15, 0.2) is 5.69 Å². The fourth-order valence-corrected chi connectivity index (χ4v) is 5.08. The van der Waals surface area contributed by atoms with Gasteiger partial charge in [0.25, 0.3) is 10.0 Å². The van der Waals surface area contributed by atoms with Crippen LogP contribution in [-0.4, -0.2) is 32.6 Å². The van der Waals surface area contributed by atoms with E-state index in [2.05, 4.69) is 9.74 Å². The van der Waals surface area contributed by atoms with Crippen LogP contribution < -0.4 is 9.64 Å². The minimum Gasteiger partial charge on any atom is -0.495 e. The number of hydrogen-bond donors (Lipinski definition) is 0. The highest BCUT2D eigenvalue weighted by Gasteiger charge is 2.23. The highest BCUT2D eigenvalue weighted by atomic mass is 32.2. The summed E-state index contributed by atoms with van der Waals surface area (Å²) in [6.45, 7) is 8.91. The third kappa shape index (κ3) is 3.10. The molecule has 0 N–H and O–H groups in total. The average Bonchev–Trinajstić information content (AvgIpc) is 3.17. The maximum Gasteiger partial charge on any atom is 0.268 e. The lowest BCUT2D eigenvalue weighted by atomic mass is 10.1. The summed E-state index contributed by atoms with van der Waals surface area (Å²) in [6, 6.07) is 11.7. The van der Waals surface area contributed by atoms with Gasteiger partial charge in [-0.15, -0.1) is 0 Å². The molecule has 7 heteroatoms. The van der Waals surface area contributed by atoms with Crippen molar-refractivity contribution in [2.24, 2.45) is 0 Å². The minimum atomic E-state index is -3.77. The molecule has 1 aliphatic heterocycles. The quantitative estimate of drug-likeness (QED) is 0.614. The molecule has 2 heterocycles. The first kappa shape index (κ1) is 18.4. The molecule has 0 spiro atoms. The smallest absolute Gasteiger partial charge is 0.268 e. The predicted octanol–water partition coefficient (Wildman–Crippen LogP) is 4.43. The summed E-state index contributed by atoms with van der Waals surface area (Å²) >= 11 is 0. The Bertz CT molecular complexity index is 1170. The predicted molar refractivity (Wildman–Crippen MR) is 110 cm³/mol. The van der Waals surface area contributed by atoms with Crippen LogP contribution in [0.5, 0.6) is 5.75 Å². The van der Waals surface area contributed by atoms with Gasteiger partial charge in [-0.25, -0.2) is 17.2 Å². The van der Waals surface area contributed by atoms with Crippen molar-refractivity contribution >= 4 is 32.3 Å². The van der Waals surface area contributed by atoms with E-state index < -0.39 is 10.0 Å². The second-order valence-electron chi connectivity index (χ2n) is 6.85. The maximum absolute atomic E-state index is 13.3. The molecule has 0 radical (unpaired) electrons. The van der Waals surface area contributed by atoms with E-state index in [1.54, 1.807) is 55.8 Å². The van der Waals surface area contributed by atoms with Crippen molar-refractivity contribution in [1.29, 1.82) is 0 Å². The van der Waals surface area contributed by atoms with E-state index >= 15 is 0 Å². The zero-order valence-corrected chi connectivity index (χ0v) is 16.4. The lowest BCUT2D eigenvalue weighted by Crippen LogP contribution is -2.30. The summed E-state index contributed by atoms with van der Waals surface area (Å²) in [6.07, 6.45) is 4.91. The molecule has 1 saturated heterocycles. The molecule has 144 valence electrons. The van der Waals surface area contributed by atoms with Crippen molar-refractivity contribution in [3.8, 4) is 5.75 Å². The Morgan fingerprint density at radius 1 is 1.04 bits per heavy atom. The molecule has 0 bridgehead atoms. The van der Waals surface area contributed by atoms with Gasteiger partial charge in [-0.2, -0.15) is 0 Å². The van der Waals surface area contributed by atoms with E-state index in [1.165, 1.54) is 10.4 Å². The molecule has 4 rings (SSSR count). The van der Waals surface area contributed by atoms with Crippen molar-refractivity contribution in [3.05, 3.63) is 60.1 Å². The SMILES string of the molecule is [C-]#[N+]c1ccc2c(ccn2S(=O)(=O)c2ccc(OC)c(N3CCCCC3)c2)c1. The topological polar surface area (TPSA) is 55.9 Å². The molecule has 0 aliphatic carbocycles. The Morgan fingerprint density at radius 2 is 1.82 bits per heavy atom. The number of piperidine rings is 1. The summed E-state index contributed by atoms with van der Waals surface area (Å²) in [7, 11) is -2.17. The molecule has 1 fully saturated rings. The molecule has 0 atom stereocenters. The molecule has 28 heavy (non-hydrogen) atoms. The van der Waals surface area contributed by atoms with Crippen LogP contribution in [0.15, 0.2) is 53.6 Å². The third-order valence-corrected chi connectivity index (χ3v) is 6.86. The lowest BCUT2D eigenvalue weighted by Gasteiger charge is -2.30. The van der Waals surface area contributed by atoms with Crippen LogP contribution in [0.3, 0.4) is 0 Å². The van der Waals surface area contributed by atoms with E-state index in [9.17, 15) is 8.42 Å². The van der Waals surface area contributed by atoms with E-state index in [1.807, 2.05) is 0 Å². The highest BCUT2D eigenvalue weighted by Crippen LogP contribution is 2.34. The number of rotatable bonds is 4. The number of aromatic nitrogens is 1. The first-order chi connectivity index (χ1) is 13.5. The average molecular weight is 395 g/mol. The number of anilines is 1. The lowest BCUT2D eigenvalue weighted by molar-refractivity contribution is 0.412. The van der Waals surface area contributed by atoms with Crippen LogP contribution in [-0.2, 0) is 10.0 Å². The van der Waals surface area contributed by atoms with Gasteiger partial charge in [0, 0.05) is 19.3 Å². The van der Waals surface area contributed by atoms with Gasteiger partial charge in [0.1, 0.15) is 5.75 Å². The maximum atomic E-state index is 13.3. The fourth-order valence-electron chi connectivity index (χ4n) is 3.71. The van der Waals surface area contributed by atoms with Gasteiger partial charge in [0.05, 0.1) is 29.8 Å². The first-order valence-electron chi connectivity index (χ1n) is 9.22. The van der Waals surface area contributed by atoms with Crippen molar-refractivity contribution in [2.45, 2.75) is 24.2 Å². The Labute approximate surface area is 164 Å². The van der Waals surface area contributed by atoms with Crippen LogP contribution in [0.2, 0.25) is 0 Å². The van der Waals surface area contributed by atoms with Crippen molar-refractivity contribution in [3.63, 3.8) is 0 Å². The number of benzene rings is 2. The largest absolute Gasteiger partial charge is 0.495 e. The standard InChI is InChI=1S/C21H21N3O3S/c1-22-17-6-8-19-16(14-17)10-13-24(19)28(25,26)18-7-9-21(27-2)20(15-18)23-11-4-3-5-12-23/h6-10,13-15H,3-5,11-12H2,2H3. The van der Waals surface area contributed by atoms with E-state index in [-0.39, 0.29) is 4.90 Å². The second kappa shape index (κ2) is 7.21. The van der Waals surface area contributed by atoms with Crippen molar-refractivity contribution < 1.29 is 13.2 Å². The van der Waals surface area contributed by atoms with Gasteiger partial charge in [0.2, 0.25) is 0 Å². The van der Waals surface area contributed by atoms with E-state index in [4.69, 9.17) is 11.3 Å². The van der Waals surface area contributed by atoms with E-state index in [0.29, 0.717) is 17.0 Å². The van der Waals surface area contributed by atoms with Gasteiger partial charge in [-0.3, -0.25) is 0 Å². The van der Waals surface area contributed by atoms with Crippen molar-refractivity contribution in [2.75, 3.05) is 25.1 Å². The highest BCUT2D eigenvalue weighted by molar-refractivity contribution is 7.90. The number of methoxy groups -OCH3 is 1. The monoisotopic (exact) mass is 395 g/mol. The Kier molecular flexibility index (Phi) is 4.73. The second-order valence-corrected chi connectivity index (χ2v) is 8.67. The molecular weight excluding hydrogens is 374 g/mol. The molecule has 0 unspecified atom stereocenters. The minimum absolute atomic E-state index is 0.223.